The number of alkyl halides is 3. The van der Waals surface area contributed by atoms with E-state index in [9.17, 15) is 21.6 Å². The van der Waals surface area contributed by atoms with E-state index < -0.39 is 21.4 Å². The van der Waals surface area contributed by atoms with E-state index in [4.69, 9.17) is 9.47 Å². The predicted octanol–water partition coefficient (Wildman–Crippen LogP) is 5.61. The molecule has 1 spiro atoms. The fourth-order valence-electron chi connectivity index (χ4n) is 5.00. The van der Waals surface area contributed by atoms with Gasteiger partial charge >= 0.3 is 15.6 Å². The van der Waals surface area contributed by atoms with Gasteiger partial charge in [-0.2, -0.15) is 21.6 Å². The van der Waals surface area contributed by atoms with Crippen molar-refractivity contribution in [1.29, 1.82) is 0 Å². The lowest BCUT2D eigenvalue weighted by molar-refractivity contribution is -0.0500. The Morgan fingerprint density at radius 2 is 1.43 bits per heavy atom. The lowest BCUT2D eigenvalue weighted by Crippen LogP contribution is -2.28. The fourth-order valence-corrected chi connectivity index (χ4v) is 5.46. The first-order valence-corrected chi connectivity index (χ1v) is 12.2. The number of aryl methyl sites for hydroxylation is 1. The maximum Gasteiger partial charge on any atom is 0.534 e. The molecule has 3 aromatic rings. The van der Waals surface area contributed by atoms with Crippen LogP contribution in [-0.4, -0.2) is 28.1 Å². The Morgan fingerprint density at radius 1 is 0.829 bits per heavy atom. The molecule has 0 bridgehead atoms. The van der Waals surface area contributed by atoms with Crippen LogP contribution in [0.15, 0.2) is 66.7 Å². The Bertz CT molecular complexity index is 1440. The largest absolute Gasteiger partial charge is 0.534 e. The van der Waals surface area contributed by atoms with Crippen LogP contribution in [0.1, 0.15) is 34.2 Å². The van der Waals surface area contributed by atoms with Gasteiger partial charge in [0.1, 0.15) is 17.2 Å². The van der Waals surface area contributed by atoms with Gasteiger partial charge in [-0.15, -0.1) is 0 Å². The van der Waals surface area contributed by atoms with Gasteiger partial charge < -0.3 is 13.7 Å². The van der Waals surface area contributed by atoms with Crippen LogP contribution < -0.4 is 13.7 Å². The number of benzene rings is 3. The molecule has 9 heteroatoms. The summed E-state index contributed by atoms with van der Waals surface area (Å²) in [6.07, 6.45) is 3.89. The minimum atomic E-state index is -5.74. The summed E-state index contributed by atoms with van der Waals surface area (Å²) in [5, 5.41) is 0. The summed E-state index contributed by atoms with van der Waals surface area (Å²) in [6, 6.07) is 17.5. The number of rotatable bonds is 5. The molecule has 1 atom stereocenters. The molecular formula is C26H21F3O5S. The van der Waals surface area contributed by atoms with Crippen molar-refractivity contribution >= 4 is 15.7 Å². The molecule has 0 aromatic heterocycles. The van der Waals surface area contributed by atoms with E-state index in [0.29, 0.717) is 5.75 Å². The van der Waals surface area contributed by atoms with Gasteiger partial charge in [0.25, 0.3) is 0 Å². The average molecular weight is 503 g/mol. The van der Waals surface area contributed by atoms with Gasteiger partial charge in [-0.3, -0.25) is 0 Å². The lowest BCUT2D eigenvalue weighted by atomic mass is 9.77. The molecule has 0 radical (unpaired) electrons. The zero-order valence-corrected chi connectivity index (χ0v) is 19.7. The molecule has 1 unspecified atom stereocenters. The maximum atomic E-state index is 12.7. The molecule has 0 heterocycles. The molecule has 5 nitrogen and oxygen atoms in total. The van der Waals surface area contributed by atoms with Crippen LogP contribution in [0.3, 0.4) is 0 Å². The van der Waals surface area contributed by atoms with Gasteiger partial charge in [-0.1, -0.05) is 30.3 Å². The molecule has 0 saturated carbocycles. The first-order valence-electron chi connectivity index (χ1n) is 10.8. The van der Waals surface area contributed by atoms with E-state index in [1.807, 2.05) is 30.3 Å². The highest BCUT2D eigenvalue weighted by molar-refractivity contribution is 7.88. The number of halogens is 3. The molecule has 5 rings (SSSR count). The molecule has 0 aliphatic heterocycles. The summed E-state index contributed by atoms with van der Waals surface area (Å²) in [5.74, 6) is 1.06. The van der Waals surface area contributed by atoms with Crippen LogP contribution in [0.5, 0.6) is 17.2 Å². The number of hydrogen-bond acceptors (Lipinski definition) is 5. The highest BCUT2D eigenvalue weighted by Gasteiger charge is 2.48. The highest BCUT2D eigenvalue weighted by atomic mass is 32.2. The van der Waals surface area contributed by atoms with Crippen LogP contribution in [0.25, 0.3) is 5.57 Å². The zero-order chi connectivity index (χ0) is 25.0. The molecule has 3 aromatic carbocycles. The zero-order valence-electron chi connectivity index (χ0n) is 18.8. The first-order chi connectivity index (χ1) is 16.6. The van der Waals surface area contributed by atoms with Crippen molar-refractivity contribution in [2.24, 2.45) is 0 Å². The van der Waals surface area contributed by atoms with E-state index in [2.05, 4.69) is 16.3 Å². The molecule has 0 fully saturated rings. The fraction of sp³-hybridized carbons (Fsp3) is 0.231. The van der Waals surface area contributed by atoms with Crippen molar-refractivity contribution in [2.45, 2.75) is 23.8 Å². The summed E-state index contributed by atoms with van der Waals surface area (Å²) in [5.41, 5.74) is 0.165. The van der Waals surface area contributed by atoms with E-state index in [1.54, 1.807) is 26.4 Å². The van der Waals surface area contributed by atoms with E-state index in [1.165, 1.54) is 23.3 Å². The monoisotopic (exact) mass is 502 g/mol. The van der Waals surface area contributed by atoms with Crippen molar-refractivity contribution in [3.63, 3.8) is 0 Å². The third-order valence-corrected chi connectivity index (χ3v) is 7.60. The summed E-state index contributed by atoms with van der Waals surface area (Å²) in [6.45, 7) is 0. The van der Waals surface area contributed by atoms with Crippen molar-refractivity contribution in [1.82, 2.24) is 0 Å². The predicted molar refractivity (Wildman–Crippen MR) is 124 cm³/mol. The SMILES string of the molecule is COc1ccc2c(c1)CCC21C=C(c2ccc(OS(=O)(=O)C(F)(F)F)cc2)c2cc(OC)ccc21. The topological polar surface area (TPSA) is 61.8 Å². The van der Waals surface area contributed by atoms with Crippen LogP contribution in [0, 0.1) is 0 Å². The Kier molecular flexibility index (Phi) is 5.36. The summed E-state index contributed by atoms with van der Waals surface area (Å²) in [7, 11) is -2.52. The lowest BCUT2D eigenvalue weighted by Gasteiger charge is -2.25. The third kappa shape index (κ3) is 3.74. The Morgan fingerprint density at radius 3 is 2.06 bits per heavy atom. The second kappa shape index (κ2) is 8.05. The van der Waals surface area contributed by atoms with Crippen molar-refractivity contribution in [3.8, 4) is 17.2 Å². The molecule has 182 valence electrons. The van der Waals surface area contributed by atoms with Crippen LogP contribution in [-0.2, 0) is 22.0 Å². The van der Waals surface area contributed by atoms with Crippen molar-refractivity contribution in [3.05, 3.63) is 94.6 Å². The van der Waals surface area contributed by atoms with Crippen molar-refractivity contribution < 1.29 is 35.2 Å². The third-order valence-electron chi connectivity index (χ3n) is 6.62. The average Bonchev–Trinajstić information content (AvgIpc) is 3.36. The number of methoxy groups -OCH3 is 2. The molecule has 0 amide bonds. The van der Waals surface area contributed by atoms with Gasteiger partial charge in [0.05, 0.1) is 14.2 Å². The van der Waals surface area contributed by atoms with Crippen LogP contribution >= 0.6 is 0 Å². The normalized spacial score (nSPS) is 18.7. The molecule has 35 heavy (non-hydrogen) atoms. The molecule has 0 saturated heterocycles. The second-order valence-electron chi connectivity index (χ2n) is 8.47. The van der Waals surface area contributed by atoms with Gasteiger partial charge in [0, 0.05) is 5.41 Å². The summed E-state index contributed by atoms with van der Waals surface area (Å²) in [4.78, 5) is 0. The Hall–Kier alpha value is -3.46. The molecule has 2 aliphatic rings. The maximum absolute atomic E-state index is 12.7. The van der Waals surface area contributed by atoms with Gasteiger partial charge in [0.15, 0.2) is 0 Å². The minimum Gasteiger partial charge on any atom is -0.497 e. The second-order valence-corrected chi connectivity index (χ2v) is 10.0. The smallest absolute Gasteiger partial charge is 0.497 e. The summed E-state index contributed by atoms with van der Waals surface area (Å²) < 4.78 is 75.8. The quantitative estimate of drug-likeness (QED) is 0.335. The highest BCUT2D eigenvalue weighted by Crippen LogP contribution is 2.54. The molecule has 2 aliphatic carbocycles. The van der Waals surface area contributed by atoms with Gasteiger partial charge in [-0.05, 0) is 82.6 Å². The van der Waals surface area contributed by atoms with Gasteiger partial charge in [-0.25, -0.2) is 0 Å². The molecule has 0 N–H and O–H groups in total. The minimum absolute atomic E-state index is 0.368. The number of fused-ring (bicyclic) bond motifs is 4. The van der Waals surface area contributed by atoms with E-state index in [0.717, 1.165) is 40.9 Å². The summed E-state index contributed by atoms with van der Waals surface area (Å²) >= 11 is 0. The van der Waals surface area contributed by atoms with Gasteiger partial charge in [0.2, 0.25) is 0 Å². The Labute approximate surface area is 200 Å². The van der Waals surface area contributed by atoms with E-state index >= 15 is 0 Å². The van der Waals surface area contributed by atoms with Crippen LogP contribution in [0.2, 0.25) is 0 Å². The molecular weight excluding hydrogens is 481 g/mol. The standard InChI is InChI=1S/C26H21F3O5S/c1-32-19-7-9-23-17(13-19)11-12-25(23)15-22(21-14-20(33-2)8-10-24(21)25)16-3-5-18(6-4-16)34-35(30,31)26(27,28)29/h3-10,13-15H,11-12H2,1-2H3. The number of hydrogen-bond donors (Lipinski definition) is 0. The van der Waals surface area contributed by atoms with Crippen molar-refractivity contribution in [2.75, 3.05) is 14.2 Å². The van der Waals surface area contributed by atoms with E-state index in [-0.39, 0.29) is 5.41 Å². The Balaban J connectivity index is 1.59. The first kappa shape index (κ1) is 23.3. The number of allylic oxidation sites excluding steroid dienone is 1. The number of ether oxygens (including phenoxy) is 2. The van der Waals surface area contributed by atoms with Crippen LogP contribution in [0.4, 0.5) is 13.2 Å².